The van der Waals surface area contributed by atoms with E-state index >= 15 is 0 Å². The van der Waals surface area contributed by atoms with Crippen LogP contribution in [0.3, 0.4) is 0 Å². The van der Waals surface area contributed by atoms with Crippen molar-refractivity contribution in [3.8, 4) is 0 Å². The Labute approximate surface area is 187 Å². The zero-order chi connectivity index (χ0) is 21.8. The molecule has 0 spiro atoms. The van der Waals surface area contributed by atoms with Crippen LogP contribution >= 0.6 is 11.3 Å². The van der Waals surface area contributed by atoms with Crippen molar-refractivity contribution >= 4 is 34.1 Å². The highest BCUT2D eigenvalue weighted by Gasteiger charge is 2.35. The molecule has 1 aromatic rings. The van der Waals surface area contributed by atoms with Crippen LogP contribution in [-0.4, -0.2) is 28.9 Å². The molecule has 1 saturated carbocycles. The molecule has 2 atom stereocenters. The molecule has 0 aliphatic heterocycles. The summed E-state index contributed by atoms with van der Waals surface area (Å²) in [6.07, 6.45) is 15.1. The molecule has 4 rings (SSSR count). The summed E-state index contributed by atoms with van der Waals surface area (Å²) >= 11 is 1.51. The Morgan fingerprint density at radius 3 is 2.32 bits per heavy atom. The first kappa shape index (κ1) is 22.1. The van der Waals surface area contributed by atoms with Crippen molar-refractivity contribution in [1.29, 1.82) is 0 Å². The smallest absolute Gasteiger partial charge is 0.307 e. The molecule has 0 aromatic carbocycles. The van der Waals surface area contributed by atoms with Crippen molar-refractivity contribution in [2.45, 2.75) is 83.1 Å². The predicted octanol–water partition coefficient (Wildman–Crippen LogP) is 4.69. The Morgan fingerprint density at radius 2 is 1.58 bits per heavy atom. The molecular weight excluding hydrogens is 412 g/mol. The summed E-state index contributed by atoms with van der Waals surface area (Å²) in [6, 6.07) is 0.200. The number of amides is 2. The number of nitrogens with one attached hydrogen (secondary N) is 2. The highest BCUT2D eigenvalue weighted by atomic mass is 32.1. The fourth-order valence-corrected chi connectivity index (χ4v) is 6.45. The third-order valence-corrected chi connectivity index (χ3v) is 8.12. The minimum absolute atomic E-state index is 0.0834. The first-order valence-electron chi connectivity index (χ1n) is 11.7. The van der Waals surface area contributed by atoms with E-state index in [4.69, 9.17) is 0 Å². The number of carboxylic acid groups (broad SMARTS) is 1. The molecule has 0 unspecified atom stereocenters. The minimum atomic E-state index is -0.943. The Hall–Kier alpha value is -2.15. The third kappa shape index (κ3) is 5.03. The zero-order valence-corrected chi connectivity index (χ0v) is 18.8. The molecule has 0 saturated heterocycles. The van der Waals surface area contributed by atoms with Gasteiger partial charge in [0.1, 0.15) is 5.00 Å². The lowest BCUT2D eigenvalue weighted by molar-refractivity contribution is -0.146. The van der Waals surface area contributed by atoms with Gasteiger partial charge in [-0.3, -0.25) is 14.4 Å². The van der Waals surface area contributed by atoms with Gasteiger partial charge in [0.2, 0.25) is 5.91 Å². The van der Waals surface area contributed by atoms with Gasteiger partial charge in [0.15, 0.2) is 0 Å². The number of rotatable bonds is 5. The monoisotopic (exact) mass is 444 g/mol. The molecule has 2 amide bonds. The van der Waals surface area contributed by atoms with E-state index in [-0.39, 0.29) is 17.9 Å². The zero-order valence-electron chi connectivity index (χ0n) is 18.0. The second-order valence-electron chi connectivity index (χ2n) is 9.06. The summed E-state index contributed by atoms with van der Waals surface area (Å²) in [5.74, 6) is -2.65. The van der Waals surface area contributed by atoms with Crippen LogP contribution in [0.4, 0.5) is 5.00 Å². The van der Waals surface area contributed by atoms with Crippen molar-refractivity contribution in [3.05, 3.63) is 28.2 Å². The Balaban J connectivity index is 1.59. The van der Waals surface area contributed by atoms with Gasteiger partial charge in [0, 0.05) is 10.9 Å². The molecule has 6 nitrogen and oxygen atoms in total. The Morgan fingerprint density at radius 1 is 0.903 bits per heavy atom. The molecule has 168 valence electrons. The number of carbonyl (C=O) groups excluding carboxylic acids is 2. The number of anilines is 1. The lowest BCUT2D eigenvalue weighted by atomic mass is 9.82. The van der Waals surface area contributed by atoms with Crippen LogP contribution < -0.4 is 10.6 Å². The van der Waals surface area contributed by atoms with Crippen molar-refractivity contribution in [1.82, 2.24) is 5.32 Å². The summed E-state index contributed by atoms with van der Waals surface area (Å²) in [7, 11) is 0. The number of hydrogen-bond donors (Lipinski definition) is 3. The van der Waals surface area contributed by atoms with E-state index in [9.17, 15) is 19.5 Å². The maximum Gasteiger partial charge on any atom is 0.307 e. The van der Waals surface area contributed by atoms with Gasteiger partial charge in [-0.1, -0.05) is 37.8 Å². The molecule has 7 heteroatoms. The van der Waals surface area contributed by atoms with Crippen LogP contribution in [0, 0.1) is 11.8 Å². The first-order valence-corrected chi connectivity index (χ1v) is 12.5. The lowest BCUT2D eigenvalue weighted by Gasteiger charge is -2.25. The average molecular weight is 445 g/mol. The fraction of sp³-hybridized carbons (Fsp3) is 0.625. The van der Waals surface area contributed by atoms with Crippen LogP contribution in [-0.2, 0) is 22.4 Å². The van der Waals surface area contributed by atoms with E-state index in [1.165, 1.54) is 22.6 Å². The van der Waals surface area contributed by atoms with E-state index < -0.39 is 17.8 Å². The molecule has 0 bridgehead atoms. The fourth-order valence-electron chi connectivity index (χ4n) is 5.16. The average Bonchev–Trinajstić information content (AvgIpc) is 2.94. The van der Waals surface area contributed by atoms with Crippen LogP contribution in [0.15, 0.2) is 12.2 Å². The summed E-state index contributed by atoms with van der Waals surface area (Å²) in [6.45, 7) is 0. The van der Waals surface area contributed by atoms with Crippen molar-refractivity contribution in [2.75, 3.05) is 5.32 Å². The molecule has 3 aliphatic carbocycles. The van der Waals surface area contributed by atoms with E-state index in [2.05, 4.69) is 10.6 Å². The number of carboxylic acids is 1. The van der Waals surface area contributed by atoms with Gasteiger partial charge in [-0.2, -0.15) is 0 Å². The molecule has 1 heterocycles. The minimum Gasteiger partial charge on any atom is -0.481 e. The first-order chi connectivity index (χ1) is 15.0. The van der Waals surface area contributed by atoms with Gasteiger partial charge in [-0.15, -0.1) is 11.3 Å². The summed E-state index contributed by atoms with van der Waals surface area (Å²) in [4.78, 5) is 39.3. The van der Waals surface area contributed by atoms with Gasteiger partial charge >= 0.3 is 5.97 Å². The van der Waals surface area contributed by atoms with Crippen LogP contribution in [0.2, 0.25) is 0 Å². The molecule has 3 aliphatic rings. The number of thiophene rings is 1. The Kier molecular flexibility index (Phi) is 7.10. The number of fused-ring (bicyclic) bond motifs is 1. The largest absolute Gasteiger partial charge is 0.481 e. The number of aliphatic carboxylic acids is 1. The van der Waals surface area contributed by atoms with Crippen molar-refractivity contribution in [3.63, 3.8) is 0 Å². The van der Waals surface area contributed by atoms with Crippen molar-refractivity contribution in [2.24, 2.45) is 11.8 Å². The third-order valence-electron chi connectivity index (χ3n) is 6.91. The van der Waals surface area contributed by atoms with Gasteiger partial charge < -0.3 is 15.7 Å². The number of aryl methyl sites for hydroxylation is 1. The molecule has 1 fully saturated rings. The lowest BCUT2D eigenvalue weighted by Crippen LogP contribution is -2.37. The second kappa shape index (κ2) is 9.98. The number of allylic oxidation sites excluding steroid dienone is 2. The van der Waals surface area contributed by atoms with E-state index in [0.717, 1.165) is 63.4 Å². The summed E-state index contributed by atoms with van der Waals surface area (Å²) < 4.78 is 0. The van der Waals surface area contributed by atoms with E-state index in [0.29, 0.717) is 23.4 Å². The maximum absolute atomic E-state index is 13.3. The highest BCUT2D eigenvalue weighted by Crippen LogP contribution is 2.39. The summed E-state index contributed by atoms with van der Waals surface area (Å²) in [5, 5.41) is 16.3. The van der Waals surface area contributed by atoms with Crippen LogP contribution in [0.5, 0.6) is 0 Å². The Bertz CT molecular complexity index is 869. The number of hydrogen-bond acceptors (Lipinski definition) is 4. The molecule has 31 heavy (non-hydrogen) atoms. The van der Waals surface area contributed by atoms with Gasteiger partial charge in [-0.05, 0) is 56.9 Å². The van der Waals surface area contributed by atoms with E-state index in [1.54, 1.807) is 0 Å². The SMILES string of the molecule is O=C(NC1CCCCC1)c1c(NC(=O)[C@@H]2CC=CC[C@@H]2C(=O)O)sc2c1CCCCC2. The van der Waals surface area contributed by atoms with Gasteiger partial charge in [0.25, 0.3) is 5.91 Å². The van der Waals surface area contributed by atoms with Gasteiger partial charge in [-0.25, -0.2) is 0 Å². The van der Waals surface area contributed by atoms with E-state index in [1.807, 2.05) is 12.2 Å². The molecule has 1 aromatic heterocycles. The quantitative estimate of drug-likeness (QED) is 0.454. The molecular formula is C24H32N2O4S. The van der Waals surface area contributed by atoms with Crippen LogP contribution in [0.25, 0.3) is 0 Å². The summed E-state index contributed by atoms with van der Waals surface area (Å²) in [5.41, 5.74) is 1.71. The van der Waals surface area contributed by atoms with Crippen molar-refractivity contribution < 1.29 is 19.5 Å². The normalized spacial score (nSPS) is 24.1. The standard InChI is InChI=1S/C24H32N2O4S/c27-21(16-11-7-8-12-17(16)24(29)30)26-23-20(18-13-5-2-6-14-19(18)31-23)22(28)25-15-9-3-1-4-10-15/h7-8,15-17H,1-6,9-14H2,(H,25,28)(H,26,27)(H,29,30)/t16-,17+/m1/s1. The van der Waals surface area contributed by atoms with Crippen LogP contribution in [0.1, 0.15) is 85.0 Å². The maximum atomic E-state index is 13.3. The molecule has 3 N–H and O–H groups in total. The molecule has 0 radical (unpaired) electrons. The topological polar surface area (TPSA) is 95.5 Å². The van der Waals surface area contributed by atoms with Gasteiger partial charge in [0.05, 0.1) is 17.4 Å². The second-order valence-corrected chi connectivity index (χ2v) is 10.2. The highest BCUT2D eigenvalue weighted by molar-refractivity contribution is 7.17. The predicted molar refractivity (Wildman–Crippen MR) is 122 cm³/mol. The number of carbonyl (C=O) groups is 3.